The van der Waals surface area contributed by atoms with Gasteiger partial charge >= 0.3 is 5.97 Å². The van der Waals surface area contributed by atoms with E-state index in [0.29, 0.717) is 0 Å². The first kappa shape index (κ1) is 11.8. The molecule has 0 saturated heterocycles. The van der Waals surface area contributed by atoms with Crippen molar-refractivity contribution in [3.63, 3.8) is 0 Å². The largest absolute Gasteiger partial charge is 0.478 e. The molecule has 6 heteroatoms. The minimum Gasteiger partial charge on any atom is -0.478 e. The lowest BCUT2D eigenvalue weighted by atomic mass is 10.2. The Kier molecular flexibility index (Phi) is 3.93. The van der Waals surface area contributed by atoms with Crippen LogP contribution >= 0.6 is 0 Å². The van der Waals surface area contributed by atoms with Gasteiger partial charge in [-0.2, -0.15) is 0 Å². The summed E-state index contributed by atoms with van der Waals surface area (Å²) in [6.45, 7) is 0. The molecule has 1 N–H and O–H groups in total. The Morgan fingerprint density at radius 2 is 2.27 bits per heavy atom. The van der Waals surface area contributed by atoms with Crippen LogP contribution in [-0.4, -0.2) is 28.3 Å². The Labute approximate surface area is 88.1 Å². The molecule has 82 valence electrons. The van der Waals surface area contributed by atoms with Gasteiger partial charge in [0.15, 0.2) is 0 Å². The number of hydrogen-bond acceptors (Lipinski definition) is 3. The minimum absolute atomic E-state index is 0.101. The zero-order valence-electron chi connectivity index (χ0n) is 7.90. The first-order valence-electron chi connectivity index (χ1n) is 3.96. The van der Waals surface area contributed by atoms with Crippen LogP contribution in [0, 0.1) is 5.82 Å². The van der Waals surface area contributed by atoms with Crippen LogP contribution in [0.3, 0.4) is 0 Å². The fraction of sp³-hybridized carbons (Fsp3) is 0.222. The van der Waals surface area contributed by atoms with Gasteiger partial charge < -0.3 is 9.84 Å². The van der Waals surface area contributed by atoms with E-state index >= 15 is 0 Å². The summed E-state index contributed by atoms with van der Waals surface area (Å²) in [5.41, 5.74) is -0.101. The van der Waals surface area contributed by atoms with E-state index in [-0.39, 0.29) is 16.4 Å². The van der Waals surface area contributed by atoms with Crippen LogP contribution in [0.15, 0.2) is 23.1 Å². The average molecular weight is 232 g/mol. The molecule has 15 heavy (non-hydrogen) atoms. The van der Waals surface area contributed by atoms with Gasteiger partial charge in [-0.25, -0.2) is 9.18 Å². The van der Waals surface area contributed by atoms with Crippen molar-refractivity contribution in [3.05, 3.63) is 29.6 Å². The number of aromatic carboxylic acids is 1. The highest BCUT2D eigenvalue weighted by Gasteiger charge is 2.13. The first-order valence-corrected chi connectivity index (χ1v) is 5.28. The average Bonchev–Trinajstić information content (AvgIpc) is 2.18. The molecule has 0 aromatic heterocycles. The van der Waals surface area contributed by atoms with Crippen LogP contribution in [0.25, 0.3) is 0 Å². The Balaban J connectivity index is 3.10. The van der Waals surface area contributed by atoms with Crippen molar-refractivity contribution in [1.82, 2.24) is 0 Å². The maximum atomic E-state index is 13.2. The van der Waals surface area contributed by atoms with Gasteiger partial charge in [-0.15, -0.1) is 0 Å². The lowest BCUT2D eigenvalue weighted by molar-refractivity contribution is 0.0696. The molecule has 0 radical (unpaired) electrons. The quantitative estimate of drug-likeness (QED) is 0.848. The molecule has 0 heterocycles. The molecule has 1 aromatic rings. The second-order valence-electron chi connectivity index (χ2n) is 2.70. The molecule has 0 aliphatic rings. The van der Waals surface area contributed by atoms with Gasteiger partial charge in [0, 0.05) is 7.11 Å². The topological polar surface area (TPSA) is 63.6 Å². The zero-order valence-corrected chi connectivity index (χ0v) is 8.71. The van der Waals surface area contributed by atoms with Crippen LogP contribution in [0.2, 0.25) is 0 Å². The summed E-state index contributed by atoms with van der Waals surface area (Å²) < 4.78 is 29.2. The van der Waals surface area contributed by atoms with E-state index in [0.717, 1.165) is 18.2 Å². The fourth-order valence-electron chi connectivity index (χ4n) is 0.981. The number of rotatable bonds is 4. The molecule has 0 aliphatic carbocycles. The normalized spacial score (nSPS) is 12.4. The highest BCUT2D eigenvalue weighted by atomic mass is 32.2. The summed E-state index contributed by atoms with van der Waals surface area (Å²) in [7, 11) is -0.352. The van der Waals surface area contributed by atoms with Crippen molar-refractivity contribution in [2.24, 2.45) is 0 Å². The molecule has 4 nitrogen and oxygen atoms in total. The molecule has 1 aromatic carbocycles. The summed E-state index contributed by atoms with van der Waals surface area (Å²) in [6, 6.07) is 3.14. The minimum atomic E-state index is -1.68. The molecule has 0 bridgehead atoms. The van der Waals surface area contributed by atoms with E-state index in [9.17, 15) is 13.4 Å². The maximum Gasteiger partial charge on any atom is 0.335 e. The lowest BCUT2D eigenvalue weighted by Crippen LogP contribution is -2.05. The third-order valence-electron chi connectivity index (χ3n) is 1.65. The van der Waals surface area contributed by atoms with E-state index in [2.05, 4.69) is 4.74 Å². The predicted molar refractivity (Wildman–Crippen MR) is 51.6 cm³/mol. The first-order chi connectivity index (χ1) is 7.06. The number of halogens is 1. The SMILES string of the molecule is COCS(=O)c1cc(C(=O)O)ccc1F. The Morgan fingerprint density at radius 3 is 2.80 bits per heavy atom. The summed E-state index contributed by atoms with van der Waals surface area (Å²) >= 11 is 0. The van der Waals surface area contributed by atoms with Gasteiger partial charge in [-0.3, -0.25) is 4.21 Å². The molecule has 0 fully saturated rings. The van der Waals surface area contributed by atoms with Crippen LogP contribution in [-0.2, 0) is 15.5 Å². The lowest BCUT2D eigenvalue weighted by Gasteiger charge is -2.03. The molecule has 0 spiro atoms. The van der Waals surface area contributed by atoms with Crippen LogP contribution < -0.4 is 0 Å². The van der Waals surface area contributed by atoms with Crippen molar-refractivity contribution in [3.8, 4) is 0 Å². The molecular weight excluding hydrogens is 223 g/mol. The van der Waals surface area contributed by atoms with E-state index in [4.69, 9.17) is 5.11 Å². The van der Waals surface area contributed by atoms with Crippen molar-refractivity contribution in [2.75, 3.05) is 13.0 Å². The number of ether oxygens (including phenoxy) is 1. The molecular formula is C9H9FO4S. The number of carbonyl (C=O) groups is 1. The Hall–Kier alpha value is -1.27. The Bertz CT molecular complexity index is 405. The monoisotopic (exact) mass is 232 g/mol. The van der Waals surface area contributed by atoms with Crippen LogP contribution in [0.4, 0.5) is 4.39 Å². The van der Waals surface area contributed by atoms with E-state index in [1.54, 1.807) is 0 Å². The Morgan fingerprint density at radius 1 is 1.60 bits per heavy atom. The molecule has 0 saturated carbocycles. The third-order valence-corrected chi connectivity index (χ3v) is 2.90. The second kappa shape index (κ2) is 4.99. The van der Waals surface area contributed by atoms with E-state index in [1.165, 1.54) is 7.11 Å². The zero-order chi connectivity index (χ0) is 11.4. The number of hydrogen-bond donors (Lipinski definition) is 1. The van der Waals surface area contributed by atoms with Crippen molar-refractivity contribution < 1.29 is 23.2 Å². The third kappa shape index (κ3) is 2.84. The number of methoxy groups -OCH3 is 1. The van der Waals surface area contributed by atoms with Crippen LogP contribution in [0.5, 0.6) is 0 Å². The molecule has 0 aliphatic heterocycles. The van der Waals surface area contributed by atoms with E-state index in [1.807, 2.05) is 0 Å². The van der Waals surface area contributed by atoms with Gasteiger partial charge in [0.25, 0.3) is 0 Å². The number of carboxylic acids is 1. The highest BCUT2D eigenvalue weighted by Crippen LogP contribution is 2.15. The van der Waals surface area contributed by atoms with Crippen molar-refractivity contribution in [2.45, 2.75) is 4.90 Å². The standard InChI is InChI=1S/C9H9FO4S/c1-14-5-15(13)8-4-6(9(11)12)2-3-7(8)10/h2-4H,5H2,1H3,(H,11,12). The van der Waals surface area contributed by atoms with Crippen molar-refractivity contribution in [1.29, 1.82) is 0 Å². The molecule has 0 amide bonds. The number of benzene rings is 1. The van der Waals surface area contributed by atoms with Gasteiger partial charge in [0.2, 0.25) is 0 Å². The number of carboxylic acid groups (broad SMARTS) is 1. The van der Waals surface area contributed by atoms with E-state index < -0.39 is 22.6 Å². The molecule has 1 atom stereocenters. The molecule has 1 unspecified atom stereocenters. The van der Waals surface area contributed by atoms with Crippen molar-refractivity contribution >= 4 is 16.8 Å². The summed E-state index contributed by atoms with van der Waals surface area (Å²) in [5.74, 6) is -2.05. The molecule has 1 rings (SSSR count). The smallest absolute Gasteiger partial charge is 0.335 e. The van der Waals surface area contributed by atoms with Crippen LogP contribution in [0.1, 0.15) is 10.4 Å². The van der Waals surface area contributed by atoms with Gasteiger partial charge in [0.05, 0.1) is 21.3 Å². The maximum absolute atomic E-state index is 13.2. The van der Waals surface area contributed by atoms with Gasteiger partial charge in [-0.05, 0) is 18.2 Å². The van der Waals surface area contributed by atoms with Gasteiger partial charge in [0.1, 0.15) is 11.8 Å². The van der Waals surface area contributed by atoms with Gasteiger partial charge in [-0.1, -0.05) is 0 Å². The summed E-state index contributed by atoms with van der Waals surface area (Å²) in [4.78, 5) is 10.4. The highest BCUT2D eigenvalue weighted by molar-refractivity contribution is 7.84. The summed E-state index contributed by atoms with van der Waals surface area (Å²) in [6.07, 6.45) is 0. The fourth-order valence-corrected chi connectivity index (χ4v) is 1.87. The summed E-state index contributed by atoms with van der Waals surface area (Å²) in [5, 5.41) is 8.66. The predicted octanol–water partition coefficient (Wildman–Crippen LogP) is 1.24. The second-order valence-corrected chi connectivity index (χ2v) is 4.07.